The van der Waals surface area contributed by atoms with E-state index in [9.17, 15) is 0 Å². The highest BCUT2D eigenvalue weighted by Gasteiger charge is 2.21. The normalized spacial score (nSPS) is 17.6. The fraction of sp³-hybridized carbons (Fsp3) is 0.294. The number of hydrogen-bond donors (Lipinski definition) is 2. The van der Waals surface area contributed by atoms with Crippen molar-refractivity contribution in [3.05, 3.63) is 53.3 Å². The van der Waals surface area contributed by atoms with Crippen molar-refractivity contribution in [3.63, 3.8) is 0 Å². The summed E-state index contributed by atoms with van der Waals surface area (Å²) >= 11 is 1.73. The first kappa shape index (κ1) is 13.8. The number of aromatic amines is 1. The summed E-state index contributed by atoms with van der Waals surface area (Å²) in [5.74, 6) is 0. The van der Waals surface area contributed by atoms with Crippen molar-refractivity contribution >= 4 is 23.0 Å². The van der Waals surface area contributed by atoms with Crippen LogP contribution in [0.2, 0.25) is 0 Å². The number of nitrogens with zero attached hydrogens (tertiary/aromatic N) is 2. The van der Waals surface area contributed by atoms with Crippen molar-refractivity contribution in [1.82, 2.24) is 19.9 Å². The Kier molecular flexibility index (Phi) is 3.60. The third kappa shape index (κ3) is 2.62. The predicted octanol–water partition coefficient (Wildman–Crippen LogP) is 3.42. The zero-order valence-corrected chi connectivity index (χ0v) is 13.3. The van der Waals surface area contributed by atoms with Crippen LogP contribution in [0.5, 0.6) is 0 Å². The van der Waals surface area contributed by atoms with Crippen LogP contribution < -0.4 is 4.72 Å². The molecule has 112 valence electrons. The third-order valence-electron chi connectivity index (χ3n) is 4.25. The van der Waals surface area contributed by atoms with Crippen LogP contribution >= 0.6 is 11.9 Å². The lowest BCUT2D eigenvalue weighted by molar-refractivity contribution is 0.547. The van der Waals surface area contributed by atoms with Gasteiger partial charge in [0.1, 0.15) is 0 Å². The summed E-state index contributed by atoms with van der Waals surface area (Å²) in [5, 5.41) is 8.24. The molecule has 0 amide bonds. The molecule has 0 saturated carbocycles. The molecule has 2 aromatic heterocycles. The number of pyridine rings is 1. The Balaban J connectivity index is 1.46. The molecule has 1 atom stereocenters. The minimum Gasteiger partial charge on any atom is -0.261 e. The number of aromatic nitrogens is 3. The highest BCUT2D eigenvalue weighted by atomic mass is 32.2. The molecule has 3 aromatic rings. The van der Waals surface area contributed by atoms with Gasteiger partial charge < -0.3 is 0 Å². The Hall–Kier alpha value is -1.85. The summed E-state index contributed by atoms with van der Waals surface area (Å²) in [5.41, 5.74) is 4.96. The van der Waals surface area contributed by atoms with Gasteiger partial charge in [-0.15, -0.1) is 0 Å². The topological polar surface area (TPSA) is 53.6 Å². The van der Waals surface area contributed by atoms with E-state index < -0.39 is 0 Å². The molecule has 0 aliphatic heterocycles. The molecule has 1 aliphatic carbocycles. The lowest BCUT2D eigenvalue weighted by Crippen LogP contribution is -2.30. The molecule has 0 fully saturated rings. The van der Waals surface area contributed by atoms with Crippen molar-refractivity contribution < 1.29 is 0 Å². The fourth-order valence-electron chi connectivity index (χ4n) is 3.01. The molecule has 0 bridgehead atoms. The van der Waals surface area contributed by atoms with Crippen LogP contribution in [0, 0.1) is 6.92 Å². The molecule has 5 heteroatoms. The van der Waals surface area contributed by atoms with Gasteiger partial charge in [-0.1, -0.05) is 17.7 Å². The Morgan fingerprint density at radius 3 is 2.95 bits per heavy atom. The van der Waals surface area contributed by atoms with Gasteiger partial charge in [0.05, 0.1) is 6.20 Å². The number of aryl methyl sites for hydroxylation is 2. The molecule has 0 spiro atoms. The molecule has 22 heavy (non-hydrogen) atoms. The van der Waals surface area contributed by atoms with E-state index in [1.807, 2.05) is 12.4 Å². The van der Waals surface area contributed by atoms with Gasteiger partial charge in [0.25, 0.3) is 0 Å². The van der Waals surface area contributed by atoms with Gasteiger partial charge >= 0.3 is 0 Å². The van der Waals surface area contributed by atoms with Gasteiger partial charge in [0.2, 0.25) is 0 Å². The molecule has 4 rings (SSSR count). The van der Waals surface area contributed by atoms with Crippen LogP contribution in [0.25, 0.3) is 11.0 Å². The first-order chi connectivity index (χ1) is 10.8. The molecular formula is C17H18N4S. The quantitative estimate of drug-likeness (QED) is 0.728. The second-order valence-electron chi connectivity index (χ2n) is 5.87. The molecule has 1 unspecified atom stereocenters. The third-order valence-corrected chi connectivity index (χ3v) is 5.21. The van der Waals surface area contributed by atoms with Gasteiger partial charge in [-0.2, -0.15) is 5.10 Å². The lowest BCUT2D eigenvalue weighted by atomic mass is 9.88. The molecule has 2 heterocycles. The molecule has 1 aromatic carbocycles. The average molecular weight is 310 g/mol. The van der Waals surface area contributed by atoms with Crippen LogP contribution in [0.1, 0.15) is 23.1 Å². The molecular weight excluding hydrogens is 292 g/mol. The number of nitrogens with one attached hydrogen (secondary N) is 2. The Labute approximate surface area is 133 Å². The van der Waals surface area contributed by atoms with Crippen LogP contribution in [-0.2, 0) is 12.8 Å². The zero-order chi connectivity index (χ0) is 14.9. The van der Waals surface area contributed by atoms with Gasteiger partial charge in [-0.05, 0) is 61.4 Å². The molecule has 0 saturated heterocycles. The smallest absolute Gasteiger partial charge is 0.155 e. The van der Waals surface area contributed by atoms with Crippen LogP contribution in [0.15, 0.2) is 41.6 Å². The van der Waals surface area contributed by atoms with Crippen LogP contribution in [-0.4, -0.2) is 21.2 Å². The summed E-state index contributed by atoms with van der Waals surface area (Å²) in [4.78, 5) is 5.73. The zero-order valence-electron chi connectivity index (χ0n) is 12.5. The van der Waals surface area contributed by atoms with Gasteiger partial charge in [0, 0.05) is 22.5 Å². The second kappa shape index (κ2) is 5.74. The summed E-state index contributed by atoms with van der Waals surface area (Å²) in [6.45, 7) is 2.11. The summed E-state index contributed by atoms with van der Waals surface area (Å²) in [6, 6.07) is 9.13. The van der Waals surface area contributed by atoms with Crippen LogP contribution in [0.4, 0.5) is 0 Å². The largest absolute Gasteiger partial charge is 0.261 e. The lowest BCUT2D eigenvalue weighted by Gasteiger charge is -2.25. The van der Waals surface area contributed by atoms with Gasteiger partial charge in [-0.25, -0.2) is 4.98 Å². The van der Waals surface area contributed by atoms with E-state index in [-0.39, 0.29) is 0 Å². The number of hydrogen-bond acceptors (Lipinski definition) is 4. The van der Waals surface area contributed by atoms with E-state index in [4.69, 9.17) is 0 Å². The molecule has 1 aliphatic rings. The first-order valence-electron chi connectivity index (χ1n) is 7.58. The molecule has 4 nitrogen and oxygen atoms in total. The predicted molar refractivity (Wildman–Crippen MR) is 89.9 cm³/mol. The highest BCUT2D eigenvalue weighted by Crippen LogP contribution is 2.28. The van der Waals surface area contributed by atoms with E-state index in [0.29, 0.717) is 6.04 Å². The number of fused-ring (bicyclic) bond motifs is 3. The molecule has 0 radical (unpaired) electrons. The minimum atomic E-state index is 0.491. The summed E-state index contributed by atoms with van der Waals surface area (Å²) in [7, 11) is 0. The monoisotopic (exact) mass is 310 g/mol. The summed E-state index contributed by atoms with van der Waals surface area (Å²) in [6.07, 6.45) is 7.16. The maximum Gasteiger partial charge on any atom is 0.155 e. The van der Waals surface area contributed by atoms with Gasteiger partial charge in [-0.3, -0.25) is 9.82 Å². The Morgan fingerprint density at radius 2 is 2.09 bits per heavy atom. The Bertz CT molecular complexity index is 794. The fourth-order valence-corrected chi connectivity index (χ4v) is 3.78. The van der Waals surface area contributed by atoms with Gasteiger partial charge in [0.15, 0.2) is 5.65 Å². The Morgan fingerprint density at radius 1 is 1.23 bits per heavy atom. The van der Waals surface area contributed by atoms with Crippen LogP contribution in [0.3, 0.4) is 0 Å². The van der Waals surface area contributed by atoms with E-state index >= 15 is 0 Å². The average Bonchev–Trinajstić information content (AvgIpc) is 3.03. The van der Waals surface area contributed by atoms with E-state index in [1.54, 1.807) is 11.9 Å². The number of benzene rings is 1. The van der Waals surface area contributed by atoms with Crippen molar-refractivity contribution in [2.45, 2.75) is 37.1 Å². The van der Waals surface area contributed by atoms with E-state index in [0.717, 1.165) is 24.9 Å². The standard InChI is InChI=1S/C17H18N4S/c1-11-2-5-14(6-3-11)22-21-13-4-7-15-12(8-13)9-18-17-16(15)10-19-20-17/h2-3,5-6,9-10,13,21H,4,7-8H2,1H3,(H,18,19,20). The second-order valence-corrected chi connectivity index (χ2v) is 6.78. The van der Waals surface area contributed by atoms with Crippen molar-refractivity contribution in [2.75, 3.05) is 0 Å². The van der Waals surface area contributed by atoms with Crippen molar-refractivity contribution in [1.29, 1.82) is 0 Å². The first-order valence-corrected chi connectivity index (χ1v) is 8.40. The number of rotatable bonds is 3. The molecule has 2 N–H and O–H groups in total. The number of H-pyrrole nitrogens is 1. The maximum absolute atomic E-state index is 4.46. The SMILES string of the molecule is Cc1ccc(SNC2CCc3c(cnc4[nH]ncc34)C2)cc1. The maximum atomic E-state index is 4.46. The van der Waals surface area contributed by atoms with Crippen molar-refractivity contribution in [2.24, 2.45) is 0 Å². The highest BCUT2D eigenvalue weighted by molar-refractivity contribution is 7.97. The summed E-state index contributed by atoms with van der Waals surface area (Å²) < 4.78 is 3.61. The van der Waals surface area contributed by atoms with E-state index in [1.165, 1.54) is 27.0 Å². The minimum absolute atomic E-state index is 0.491. The van der Waals surface area contributed by atoms with E-state index in [2.05, 4.69) is 51.1 Å². The van der Waals surface area contributed by atoms with Crippen molar-refractivity contribution in [3.8, 4) is 0 Å².